The monoisotopic (exact) mass is 188 g/mol. The molecule has 0 atom stereocenters. The quantitative estimate of drug-likeness (QED) is 0.661. The van der Waals surface area contributed by atoms with Crippen LogP contribution in [0.1, 0.15) is 41.8 Å². The molecule has 0 heterocycles. The first kappa shape index (κ1) is 10.7. The molecule has 0 aliphatic carbocycles. The Labute approximate surface area is 85.5 Å². The number of Topliss-reactive ketones (excluding diaryl/α,β-unsaturated/α-hetero) is 1. The molecule has 1 rings (SSSR count). The summed E-state index contributed by atoms with van der Waals surface area (Å²) in [5.41, 5.74) is 3.06. The molecular formula is C13H16O. The van der Waals surface area contributed by atoms with Crippen molar-refractivity contribution in [1.29, 1.82) is 0 Å². The van der Waals surface area contributed by atoms with Gasteiger partial charge in [-0.05, 0) is 17.5 Å². The minimum Gasteiger partial charge on any atom is -0.294 e. The zero-order chi connectivity index (χ0) is 10.6. The highest BCUT2D eigenvalue weighted by Gasteiger charge is 2.07. The second kappa shape index (κ2) is 4.75. The van der Waals surface area contributed by atoms with E-state index in [0.29, 0.717) is 6.42 Å². The fourth-order valence-electron chi connectivity index (χ4n) is 1.50. The first-order chi connectivity index (χ1) is 6.72. The molecule has 0 aliphatic rings. The molecule has 0 aliphatic heterocycles. The van der Waals surface area contributed by atoms with Crippen molar-refractivity contribution in [2.75, 3.05) is 0 Å². The lowest BCUT2D eigenvalue weighted by Gasteiger charge is -2.06. The number of hydrogen-bond donors (Lipinski definition) is 0. The molecular weight excluding hydrogens is 172 g/mol. The molecule has 0 aromatic heterocycles. The van der Waals surface area contributed by atoms with Crippen molar-refractivity contribution in [2.24, 2.45) is 0 Å². The van der Waals surface area contributed by atoms with E-state index >= 15 is 0 Å². The van der Waals surface area contributed by atoms with Gasteiger partial charge >= 0.3 is 0 Å². The number of benzene rings is 1. The van der Waals surface area contributed by atoms with Crippen molar-refractivity contribution < 1.29 is 4.79 Å². The van der Waals surface area contributed by atoms with Crippen LogP contribution in [-0.4, -0.2) is 5.78 Å². The zero-order valence-electron chi connectivity index (χ0n) is 8.84. The number of carbonyl (C=O) groups excluding carboxylic acids is 1. The summed E-state index contributed by atoms with van der Waals surface area (Å²) in [7, 11) is 0. The SMILES string of the molecule is C=Cc1ccc(C(=O)CC)c(CC)c1. The summed E-state index contributed by atoms with van der Waals surface area (Å²) in [5.74, 6) is 0.220. The van der Waals surface area contributed by atoms with Gasteiger partial charge in [0.25, 0.3) is 0 Å². The minimum absolute atomic E-state index is 0.220. The van der Waals surface area contributed by atoms with Crippen molar-refractivity contribution in [3.8, 4) is 0 Å². The minimum atomic E-state index is 0.220. The van der Waals surface area contributed by atoms with E-state index in [-0.39, 0.29) is 5.78 Å². The van der Waals surface area contributed by atoms with Crippen LogP contribution in [0.25, 0.3) is 6.08 Å². The molecule has 0 N–H and O–H groups in total. The van der Waals surface area contributed by atoms with Gasteiger partial charge in [-0.25, -0.2) is 0 Å². The van der Waals surface area contributed by atoms with E-state index in [1.54, 1.807) is 6.08 Å². The number of hydrogen-bond acceptors (Lipinski definition) is 1. The Bertz CT molecular complexity index is 350. The van der Waals surface area contributed by atoms with Crippen LogP contribution in [0, 0.1) is 0 Å². The summed E-state index contributed by atoms with van der Waals surface area (Å²) in [5, 5.41) is 0. The molecule has 1 heteroatoms. The molecule has 0 bridgehead atoms. The fraction of sp³-hybridized carbons (Fsp3) is 0.308. The molecule has 1 nitrogen and oxygen atoms in total. The average molecular weight is 188 g/mol. The van der Waals surface area contributed by atoms with Crippen LogP contribution in [0.2, 0.25) is 0 Å². The van der Waals surface area contributed by atoms with Crippen molar-refractivity contribution in [3.63, 3.8) is 0 Å². The lowest BCUT2D eigenvalue weighted by atomic mass is 9.98. The molecule has 0 unspecified atom stereocenters. The number of aryl methyl sites for hydroxylation is 1. The molecule has 14 heavy (non-hydrogen) atoms. The summed E-state index contributed by atoms with van der Waals surface area (Å²) >= 11 is 0. The zero-order valence-corrected chi connectivity index (χ0v) is 8.84. The third-order valence-corrected chi connectivity index (χ3v) is 2.37. The number of carbonyl (C=O) groups is 1. The van der Waals surface area contributed by atoms with Gasteiger partial charge < -0.3 is 0 Å². The van der Waals surface area contributed by atoms with Crippen LogP contribution in [0.4, 0.5) is 0 Å². The van der Waals surface area contributed by atoms with Crippen molar-refractivity contribution >= 4 is 11.9 Å². The molecule has 0 radical (unpaired) electrons. The molecule has 0 spiro atoms. The third-order valence-electron chi connectivity index (χ3n) is 2.37. The first-order valence-electron chi connectivity index (χ1n) is 5.01. The predicted octanol–water partition coefficient (Wildman–Crippen LogP) is 3.48. The van der Waals surface area contributed by atoms with E-state index in [9.17, 15) is 4.79 Å². The number of rotatable bonds is 4. The summed E-state index contributed by atoms with van der Waals surface area (Å²) in [6.07, 6.45) is 3.27. The van der Waals surface area contributed by atoms with Gasteiger partial charge in [0.1, 0.15) is 0 Å². The lowest BCUT2D eigenvalue weighted by Crippen LogP contribution is -2.01. The third kappa shape index (κ3) is 2.11. The maximum absolute atomic E-state index is 11.6. The van der Waals surface area contributed by atoms with Crippen molar-refractivity contribution in [3.05, 3.63) is 41.5 Å². The molecule has 1 aromatic rings. The van der Waals surface area contributed by atoms with E-state index in [1.165, 1.54) is 0 Å². The normalized spacial score (nSPS) is 9.86. The van der Waals surface area contributed by atoms with E-state index in [4.69, 9.17) is 0 Å². The molecule has 1 aromatic carbocycles. The molecule has 74 valence electrons. The average Bonchev–Trinajstić information content (AvgIpc) is 2.27. The van der Waals surface area contributed by atoms with E-state index in [1.807, 2.05) is 25.1 Å². The summed E-state index contributed by atoms with van der Waals surface area (Å²) in [6, 6.07) is 5.88. The van der Waals surface area contributed by atoms with Gasteiger partial charge in [0.15, 0.2) is 5.78 Å². The Hall–Kier alpha value is -1.37. The Kier molecular flexibility index (Phi) is 3.63. The number of ketones is 1. The van der Waals surface area contributed by atoms with Crippen molar-refractivity contribution in [1.82, 2.24) is 0 Å². The second-order valence-corrected chi connectivity index (χ2v) is 3.25. The summed E-state index contributed by atoms with van der Waals surface area (Å²) < 4.78 is 0. The smallest absolute Gasteiger partial charge is 0.162 e. The highest BCUT2D eigenvalue weighted by atomic mass is 16.1. The Morgan fingerprint density at radius 1 is 1.43 bits per heavy atom. The summed E-state index contributed by atoms with van der Waals surface area (Å²) in [6.45, 7) is 7.67. The first-order valence-corrected chi connectivity index (χ1v) is 5.01. The van der Waals surface area contributed by atoms with Crippen LogP contribution < -0.4 is 0 Å². The Morgan fingerprint density at radius 3 is 2.64 bits per heavy atom. The Balaban J connectivity index is 3.17. The highest BCUT2D eigenvalue weighted by Crippen LogP contribution is 2.15. The summed E-state index contributed by atoms with van der Waals surface area (Å²) in [4.78, 5) is 11.6. The van der Waals surface area contributed by atoms with Crippen molar-refractivity contribution in [2.45, 2.75) is 26.7 Å². The van der Waals surface area contributed by atoms with Crippen LogP contribution in [0.15, 0.2) is 24.8 Å². The molecule has 0 saturated carbocycles. The van der Waals surface area contributed by atoms with Gasteiger partial charge in [-0.2, -0.15) is 0 Å². The van der Waals surface area contributed by atoms with Gasteiger partial charge in [-0.1, -0.05) is 44.7 Å². The fourth-order valence-corrected chi connectivity index (χ4v) is 1.50. The largest absolute Gasteiger partial charge is 0.294 e. The van der Waals surface area contributed by atoms with E-state index in [2.05, 4.69) is 13.5 Å². The highest BCUT2D eigenvalue weighted by molar-refractivity contribution is 5.97. The lowest BCUT2D eigenvalue weighted by molar-refractivity contribution is 0.0987. The maximum atomic E-state index is 11.6. The van der Waals surface area contributed by atoms with Crippen LogP contribution in [-0.2, 0) is 6.42 Å². The van der Waals surface area contributed by atoms with Gasteiger partial charge in [0, 0.05) is 12.0 Å². The molecule has 0 fully saturated rings. The molecule has 0 saturated heterocycles. The van der Waals surface area contributed by atoms with Gasteiger partial charge in [-0.3, -0.25) is 4.79 Å². The van der Waals surface area contributed by atoms with Gasteiger partial charge in [0.05, 0.1) is 0 Å². The predicted molar refractivity (Wildman–Crippen MR) is 60.5 cm³/mol. The Morgan fingerprint density at radius 2 is 2.14 bits per heavy atom. The van der Waals surface area contributed by atoms with Crippen LogP contribution in [0.3, 0.4) is 0 Å². The topological polar surface area (TPSA) is 17.1 Å². The van der Waals surface area contributed by atoms with Gasteiger partial charge in [0.2, 0.25) is 0 Å². The van der Waals surface area contributed by atoms with Gasteiger partial charge in [-0.15, -0.1) is 0 Å². The second-order valence-electron chi connectivity index (χ2n) is 3.25. The van der Waals surface area contributed by atoms with Crippen LogP contribution >= 0.6 is 0 Å². The molecule has 0 amide bonds. The van der Waals surface area contributed by atoms with E-state index < -0.39 is 0 Å². The standard InChI is InChI=1S/C13H16O/c1-4-10-7-8-12(13(14)6-3)11(5-2)9-10/h4,7-9H,1,5-6H2,2-3H3. The maximum Gasteiger partial charge on any atom is 0.162 e. The van der Waals surface area contributed by atoms with E-state index in [0.717, 1.165) is 23.1 Å². The van der Waals surface area contributed by atoms with Crippen LogP contribution in [0.5, 0.6) is 0 Å².